The van der Waals surface area contributed by atoms with Gasteiger partial charge in [-0.3, -0.25) is 0 Å². The molecule has 4 heteroatoms. The van der Waals surface area contributed by atoms with Crippen LogP contribution >= 0.6 is 0 Å². The molecule has 4 aliphatic carbocycles. The van der Waals surface area contributed by atoms with Crippen molar-refractivity contribution in [2.75, 3.05) is 6.26 Å². The molecule has 1 aromatic rings. The summed E-state index contributed by atoms with van der Waals surface area (Å²) in [7, 11) is -3.14. The van der Waals surface area contributed by atoms with Crippen LogP contribution < -0.4 is 0 Å². The van der Waals surface area contributed by atoms with Crippen LogP contribution in [0, 0.1) is 11.8 Å². The predicted molar refractivity (Wildman–Crippen MR) is 80.9 cm³/mol. The van der Waals surface area contributed by atoms with E-state index in [-0.39, 0.29) is 5.41 Å². The van der Waals surface area contributed by atoms with Gasteiger partial charge in [0.15, 0.2) is 9.84 Å². The van der Waals surface area contributed by atoms with Crippen LogP contribution in [0.4, 0.5) is 0 Å². The Kier molecular flexibility index (Phi) is 2.69. The molecule has 0 amide bonds. The minimum absolute atomic E-state index is 0.0782. The molecule has 4 aliphatic rings. The van der Waals surface area contributed by atoms with Crippen molar-refractivity contribution >= 4 is 9.84 Å². The van der Waals surface area contributed by atoms with Crippen LogP contribution in [-0.2, 0) is 15.3 Å². The Hall–Kier alpha value is -0.870. The monoisotopic (exact) mass is 306 g/mol. The van der Waals surface area contributed by atoms with Gasteiger partial charge in [-0.15, -0.1) is 0 Å². The molecule has 0 aliphatic heterocycles. The lowest BCUT2D eigenvalue weighted by molar-refractivity contribution is -0.137. The van der Waals surface area contributed by atoms with Crippen molar-refractivity contribution in [3.8, 4) is 0 Å². The molecule has 1 aromatic carbocycles. The fourth-order valence-corrected chi connectivity index (χ4v) is 6.24. The first-order valence-electron chi connectivity index (χ1n) is 7.81. The zero-order valence-electron chi connectivity index (χ0n) is 12.4. The van der Waals surface area contributed by atoms with E-state index in [4.69, 9.17) is 0 Å². The summed E-state index contributed by atoms with van der Waals surface area (Å²) in [5, 5.41) is 10.8. The highest BCUT2D eigenvalue weighted by Gasteiger charge is 2.57. The van der Waals surface area contributed by atoms with Gasteiger partial charge in [-0.25, -0.2) is 8.42 Å². The minimum atomic E-state index is -3.14. The summed E-state index contributed by atoms with van der Waals surface area (Å²) in [5.74, 6) is 1.29. The second-order valence-corrected chi connectivity index (χ2v) is 9.78. The molecule has 21 heavy (non-hydrogen) atoms. The van der Waals surface area contributed by atoms with Crippen LogP contribution in [0.25, 0.3) is 0 Å². The zero-order chi connectivity index (χ0) is 14.9. The molecule has 0 aromatic heterocycles. The van der Waals surface area contributed by atoms with E-state index in [1.54, 1.807) is 12.1 Å². The molecule has 4 fully saturated rings. The van der Waals surface area contributed by atoms with Crippen LogP contribution in [0.15, 0.2) is 29.2 Å². The van der Waals surface area contributed by atoms with Crippen molar-refractivity contribution < 1.29 is 13.5 Å². The van der Waals surface area contributed by atoms with Gasteiger partial charge < -0.3 is 5.11 Å². The average Bonchev–Trinajstić information content (AvgIpc) is 2.35. The lowest BCUT2D eigenvalue weighted by atomic mass is 9.46. The Balaban J connectivity index is 1.73. The summed E-state index contributed by atoms with van der Waals surface area (Å²) in [6.45, 7) is 0. The van der Waals surface area contributed by atoms with Gasteiger partial charge in [-0.2, -0.15) is 0 Å². The molecule has 2 unspecified atom stereocenters. The van der Waals surface area contributed by atoms with Crippen LogP contribution in [0.3, 0.4) is 0 Å². The molecule has 114 valence electrons. The van der Waals surface area contributed by atoms with Crippen LogP contribution in [0.5, 0.6) is 0 Å². The molecule has 4 atom stereocenters. The Morgan fingerprint density at radius 1 is 1.05 bits per heavy atom. The third kappa shape index (κ3) is 2.15. The highest BCUT2D eigenvalue weighted by Crippen LogP contribution is 2.62. The Morgan fingerprint density at radius 2 is 1.62 bits per heavy atom. The molecule has 4 saturated carbocycles. The van der Waals surface area contributed by atoms with Crippen molar-refractivity contribution in [3.63, 3.8) is 0 Å². The Morgan fingerprint density at radius 3 is 2.10 bits per heavy atom. The number of benzene rings is 1. The molecule has 0 spiro atoms. The van der Waals surface area contributed by atoms with Crippen molar-refractivity contribution in [1.82, 2.24) is 0 Å². The predicted octanol–water partition coefficient (Wildman–Crippen LogP) is 2.67. The Labute approximate surface area is 126 Å². The molecule has 4 bridgehead atoms. The first-order valence-corrected chi connectivity index (χ1v) is 9.70. The van der Waals surface area contributed by atoms with Crippen molar-refractivity contribution in [1.29, 1.82) is 0 Å². The topological polar surface area (TPSA) is 54.4 Å². The van der Waals surface area contributed by atoms with Crippen molar-refractivity contribution in [3.05, 3.63) is 29.8 Å². The molecule has 1 N–H and O–H groups in total. The van der Waals surface area contributed by atoms with Crippen molar-refractivity contribution in [2.24, 2.45) is 11.8 Å². The fourth-order valence-electron chi connectivity index (χ4n) is 5.61. The van der Waals surface area contributed by atoms with E-state index in [1.807, 2.05) is 12.1 Å². The smallest absolute Gasteiger partial charge is 0.175 e. The second-order valence-electron chi connectivity index (χ2n) is 7.76. The summed E-state index contributed by atoms with van der Waals surface area (Å²) in [6, 6.07) is 7.42. The molecule has 5 rings (SSSR count). The number of rotatable bonds is 2. The molecule has 0 heterocycles. The van der Waals surface area contributed by atoms with E-state index in [9.17, 15) is 13.5 Å². The number of hydrogen-bond donors (Lipinski definition) is 1. The number of hydrogen-bond acceptors (Lipinski definition) is 3. The summed E-state index contributed by atoms with van der Waals surface area (Å²) >= 11 is 0. The van der Waals surface area contributed by atoms with E-state index < -0.39 is 15.4 Å². The van der Waals surface area contributed by atoms with Gasteiger partial charge in [-0.05, 0) is 73.5 Å². The van der Waals surface area contributed by atoms with Gasteiger partial charge >= 0.3 is 0 Å². The summed E-state index contributed by atoms with van der Waals surface area (Å²) in [5.41, 5.74) is 0.830. The van der Waals surface area contributed by atoms with E-state index in [0.29, 0.717) is 16.7 Å². The first kappa shape index (κ1) is 13.8. The maximum absolute atomic E-state index is 11.6. The summed E-state index contributed by atoms with van der Waals surface area (Å²) in [6.07, 6.45) is 7.61. The highest BCUT2D eigenvalue weighted by atomic mass is 32.2. The number of sulfone groups is 1. The maximum Gasteiger partial charge on any atom is 0.175 e. The van der Waals surface area contributed by atoms with Gasteiger partial charge in [0.25, 0.3) is 0 Å². The molecule has 3 nitrogen and oxygen atoms in total. The summed E-state index contributed by atoms with van der Waals surface area (Å²) in [4.78, 5) is 0.384. The van der Waals surface area contributed by atoms with E-state index >= 15 is 0 Å². The largest absolute Gasteiger partial charge is 0.390 e. The van der Waals surface area contributed by atoms with E-state index in [1.165, 1.54) is 18.2 Å². The molecular formula is C17H22O3S. The van der Waals surface area contributed by atoms with E-state index in [0.717, 1.165) is 32.1 Å². The normalized spacial score (nSPS) is 41.4. The quantitative estimate of drug-likeness (QED) is 0.914. The zero-order valence-corrected chi connectivity index (χ0v) is 13.2. The Bertz CT molecular complexity index is 660. The van der Waals surface area contributed by atoms with Gasteiger partial charge in [-0.1, -0.05) is 12.1 Å². The van der Waals surface area contributed by atoms with Crippen LogP contribution in [0.2, 0.25) is 0 Å². The lowest BCUT2D eigenvalue weighted by Gasteiger charge is -2.60. The third-order valence-corrected chi connectivity index (χ3v) is 7.05. The highest BCUT2D eigenvalue weighted by molar-refractivity contribution is 7.90. The van der Waals surface area contributed by atoms with Crippen LogP contribution in [0.1, 0.15) is 44.1 Å². The average molecular weight is 306 g/mol. The lowest BCUT2D eigenvalue weighted by Crippen LogP contribution is -2.57. The van der Waals surface area contributed by atoms with E-state index in [2.05, 4.69) is 0 Å². The van der Waals surface area contributed by atoms with Gasteiger partial charge in [0.1, 0.15) is 0 Å². The van der Waals surface area contributed by atoms with Gasteiger partial charge in [0.2, 0.25) is 0 Å². The number of aliphatic hydroxyl groups is 1. The van der Waals surface area contributed by atoms with Crippen LogP contribution in [-0.4, -0.2) is 25.4 Å². The first-order chi connectivity index (χ1) is 9.78. The minimum Gasteiger partial charge on any atom is -0.390 e. The maximum atomic E-state index is 11.6. The molecule has 0 radical (unpaired) electrons. The molecule has 0 saturated heterocycles. The fraction of sp³-hybridized carbons (Fsp3) is 0.647. The van der Waals surface area contributed by atoms with Crippen molar-refractivity contribution in [2.45, 2.75) is 54.4 Å². The second kappa shape index (κ2) is 4.11. The molecular weight excluding hydrogens is 284 g/mol. The third-order valence-electron chi connectivity index (χ3n) is 5.93. The standard InChI is InChI=1S/C17H22O3S/c1-21(19,20)15-4-2-14(3-5-15)16-7-12-6-13(8-16)10-17(18,9-12)11-16/h2-5,12-13,18H,6-11H2,1H3/t12-,13+,16?,17?. The SMILES string of the molecule is CS(=O)(=O)c1ccc(C23C[C@@H]4C[C@@H](CC(O)(C4)C2)C3)cc1. The van der Waals surface area contributed by atoms with Gasteiger partial charge in [0, 0.05) is 6.26 Å². The van der Waals surface area contributed by atoms with Gasteiger partial charge in [0.05, 0.1) is 10.5 Å². The summed E-state index contributed by atoms with van der Waals surface area (Å²) < 4.78 is 23.2.